The van der Waals surface area contributed by atoms with Crippen molar-refractivity contribution < 1.29 is 17.9 Å². The molecule has 1 fully saturated rings. The molecule has 1 unspecified atom stereocenters. The summed E-state index contributed by atoms with van der Waals surface area (Å²) in [5.74, 6) is 0.800. The van der Waals surface area contributed by atoms with Crippen molar-refractivity contribution in [2.75, 3.05) is 6.26 Å². The first kappa shape index (κ1) is 27.3. The van der Waals surface area contributed by atoms with Crippen molar-refractivity contribution in [3.05, 3.63) is 88.0 Å². The van der Waals surface area contributed by atoms with E-state index in [0.29, 0.717) is 18.2 Å². The Bertz CT molecular complexity index is 1530. The zero-order valence-corrected chi connectivity index (χ0v) is 23.6. The van der Waals surface area contributed by atoms with Gasteiger partial charge in [0.25, 0.3) is 0 Å². The van der Waals surface area contributed by atoms with E-state index in [1.54, 1.807) is 11.3 Å². The topological polar surface area (TPSA) is 98.2 Å². The third-order valence-corrected chi connectivity index (χ3v) is 8.70. The quantitative estimate of drug-likeness (QED) is 0.251. The molecule has 9 heteroatoms. The van der Waals surface area contributed by atoms with Gasteiger partial charge in [0, 0.05) is 16.7 Å². The van der Waals surface area contributed by atoms with Crippen LogP contribution in [-0.2, 0) is 27.8 Å². The summed E-state index contributed by atoms with van der Waals surface area (Å²) in [6.07, 6.45) is 8.12. The Hall–Kier alpha value is -3.30. The Morgan fingerprint density at radius 1 is 0.974 bits per heavy atom. The number of aromatic nitrogens is 2. The van der Waals surface area contributed by atoms with Crippen molar-refractivity contribution >= 4 is 38.2 Å². The number of carbonyl (C=O) groups is 1. The number of fused-ring (bicyclic) bond motifs is 1. The number of thiazole rings is 1. The monoisotopic (exact) mass is 563 g/mol. The molecule has 1 N–H and O–H groups in total. The lowest BCUT2D eigenvalue weighted by molar-refractivity contribution is -0.118. The minimum atomic E-state index is -3.59. The lowest BCUT2D eigenvalue weighted by Crippen LogP contribution is -2.30. The maximum atomic E-state index is 12.1. The van der Waals surface area contributed by atoms with Crippen LogP contribution in [0.25, 0.3) is 10.9 Å². The van der Waals surface area contributed by atoms with E-state index in [9.17, 15) is 13.2 Å². The number of amides is 1. The number of rotatable bonds is 9. The van der Waals surface area contributed by atoms with Crippen LogP contribution in [-0.4, -0.2) is 30.5 Å². The third kappa shape index (κ3) is 7.42. The molecule has 2 heterocycles. The van der Waals surface area contributed by atoms with Gasteiger partial charge in [-0.05, 0) is 48.6 Å². The molecular weight excluding hydrogens is 530 g/mol. The second kappa shape index (κ2) is 12.3. The number of nitrogens with one attached hydrogen (secondary N) is 1. The molecule has 0 aliphatic heterocycles. The lowest BCUT2D eigenvalue weighted by atomic mass is 9.81. The zero-order chi connectivity index (χ0) is 27.2. The number of sulfonamides is 1. The number of pyridine rings is 1. The van der Waals surface area contributed by atoms with Crippen LogP contribution < -0.4 is 9.46 Å². The molecule has 0 saturated heterocycles. The van der Waals surface area contributed by atoms with Crippen LogP contribution in [0.2, 0.25) is 0 Å². The van der Waals surface area contributed by atoms with Crippen molar-refractivity contribution in [3.63, 3.8) is 0 Å². The molecule has 1 aliphatic rings. The van der Waals surface area contributed by atoms with Crippen molar-refractivity contribution in [3.8, 4) is 5.75 Å². The lowest BCUT2D eigenvalue weighted by Gasteiger charge is -2.25. The number of hydrogen-bond donors (Lipinski definition) is 1. The Labute approximate surface area is 233 Å². The van der Waals surface area contributed by atoms with Gasteiger partial charge in [-0.2, -0.15) is 0 Å². The van der Waals surface area contributed by atoms with Crippen LogP contribution in [0.5, 0.6) is 5.75 Å². The second-order valence-corrected chi connectivity index (χ2v) is 12.9. The number of carbonyl (C=O) groups excluding carboxylic acids is 1. The molecule has 7 nitrogen and oxygen atoms in total. The highest BCUT2D eigenvalue weighted by molar-refractivity contribution is 7.89. The molecule has 0 bridgehead atoms. The molecule has 39 heavy (non-hydrogen) atoms. The maximum Gasteiger partial charge on any atom is 0.239 e. The number of ether oxygens (including phenoxy) is 1. The summed E-state index contributed by atoms with van der Waals surface area (Å²) < 4.78 is 30.9. The van der Waals surface area contributed by atoms with E-state index in [2.05, 4.69) is 18.2 Å². The number of nitrogens with zero attached hydrogens (tertiary/aromatic N) is 2. The van der Waals surface area contributed by atoms with Gasteiger partial charge in [0.1, 0.15) is 17.4 Å². The summed E-state index contributed by atoms with van der Waals surface area (Å²) in [6.45, 7) is 0.390. The highest BCUT2D eigenvalue weighted by Gasteiger charge is 2.28. The molecule has 1 saturated carbocycles. The van der Waals surface area contributed by atoms with Crippen molar-refractivity contribution in [1.82, 2.24) is 14.7 Å². The second-order valence-electron chi connectivity index (χ2n) is 10.2. The van der Waals surface area contributed by atoms with Gasteiger partial charge in [-0.25, -0.2) is 18.4 Å². The van der Waals surface area contributed by atoms with Crippen LogP contribution in [0.1, 0.15) is 66.4 Å². The SMILES string of the molecule is CS(=O)(=O)NC(=O)Cc1csc(C(c2ccc(OCc3ccc4ccccc4n3)cc2)C2CCCCCC2)n1. The van der Waals surface area contributed by atoms with Crippen LogP contribution >= 0.6 is 11.3 Å². The van der Waals surface area contributed by atoms with E-state index in [4.69, 9.17) is 14.7 Å². The Morgan fingerprint density at radius 2 is 1.72 bits per heavy atom. The van der Waals surface area contributed by atoms with Crippen molar-refractivity contribution in [1.29, 1.82) is 0 Å². The van der Waals surface area contributed by atoms with Crippen molar-refractivity contribution in [2.24, 2.45) is 5.92 Å². The largest absolute Gasteiger partial charge is 0.487 e. The van der Waals surface area contributed by atoms with Crippen LogP contribution in [0.4, 0.5) is 0 Å². The highest BCUT2D eigenvalue weighted by Crippen LogP contribution is 2.41. The highest BCUT2D eigenvalue weighted by atomic mass is 32.2. The molecule has 0 radical (unpaired) electrons. The standard InChI is InChI=1S/C30H33N3O4S2/c1-39(35,36)33-28(34)18-25-20-38-30(32-25)29(22-9-4-2-3-5-10-22)23-13-16-26(17-14-23)37-19-24-15-12-21-8-6-7-11-27(21)31-24/h6-8,11-17,20,22,29H,2-5,9-10,18-19H2,1H3,(H,33,34). The van der Waals surface area contributed by atoms with Gasteiger partial charge in [-0.1, -0.05) is 62.1 Å². The summed E-state index contributed by atoms with van der Waals surface area (Å²) in [6, 6.07) is 20.4. The molecule has 5 rings (SSSR count). The summed E-state index contributed by atoms with van der Waals surface area (Å²) in [7, 11) is -3.59. The Morgan fingerprint density at radius 3 is 2.46 bits per heavy atom. The van der Waals surface area contributed by atoms with Crippen LogP contribution in [0, 0.1) is 5.92 Å². The van der Waals surface area contributed by atoms with Gasteiger partial charge in [0.05, 0.1) is 29.6 Å². The van der Waals surface area contributed by atoms with E-state index >= 15 is 0 Å². The first-order chi connectivity index (χ1) is 18.8. The molecule has 1 amide bonds. The average Bonchev–Trinajstić information content (AvgIpc) is 3.19. The van der Waals surface area contributed by atoms with Gasteiger partial charge in [-0.3, -0.25) is 9.52 Å². The van der Waals surface area contributed by atoms with Gasteiger partial charge in [0.15, 0.2) is 0 Å². The fraction of sp³-hybridized carbons (Fsp3) is 0.367. The molecule has 2 aromatic carbocycles. The van der Waals surface area contributed by atoms with E-state index in [1.807, 2.05) is 52.6 Å². The fourth-order valence-electron chi connectivity index (χ4n) is 5.33. The van der Waals surface area contributed by atoms with E-state index in [0.717, 1.165) is 46.5 Å². The molecule has 1 aliphatic carbocycles. The van der Waals surface area contributed by atoms with E-state index in [1.165, 1.54) is 31.2 Å². The Balaban J connectivity index is 1.32. The minimum absolute atomic E-state index is 0.0590. The predicted molar refractivity (Wildman–Crippen MR) is 154 cm³/mol. The van der Waals surface area contributed by atoms with E-state index in [-0.39, 0.29) is 12.3 Å². The number of para-hydroxylation sites is 1. The van der Waals surface area contributed by atoms with Crippen molar-refractivity contribution in [2.45, 2.75) is 57.5 Å². The molecule has 4 aromatic rings. The number of benzene rings is 2. The molecular formula is C30H33N3O4S2. The van der Waals surface area contributed by atoms with Gasteiger partial charge in [-0.15, -0.1) is 11.3 Å². The fourth-order valence-corrected chi connectivity index (χ4v) is 6.86. The zero-order valence-electron chi connectivity index (χ0n) is 22.0. The first-order valence-corrected chi connectivity index (χ1v) is 16.1. The summed E-state index contributed by atoms with van der Waals surface area (Å²) in [5, 5.41) is 3.95. The summed E-state index contributed by atoms with van der Waals surface area (Å²) in [4.78, 5) is 21.7. The summed E-state index contributed by atoms with van der Waals surface area (Å²) in [5.41, 5.74) is 3.61. The summed E-state index contributed by atoms with van der Waals surface area (Å²) >= 11 is 1.55. The third-order valence-electron chi connectivity index (χ3n) is 7.13. The Kier molecular flexibility index (Phi) is 8.57. The minimum Gasteiger partial charge on any atom is -0.487 e. The van der Waals surface area contributed by atoms with Gasteiger partial charge in [0.2, 0.25) is 15.9 Å². The average molecular weight is 564 g/mol. The predicted octanol–water partition coefficient (Wildman–Crippen LogP) is 5.99. The molecule has 204 valence electrons. The molecule has 0 spiro atoms. The number of hydrogen-bond acceptors (Lipinski definition) is 7. The normalized spacial score (nSPS) is 15.5. The van der Waals surface area contributed by atoms with Gasteiger partial charge < -0.3 is 4.74 Å². The first-order valence-electron chi connectivity index (χ1n) is 13.4. The van der Waals surface area contributed by atoms with E-state index < -0.39 is 15.9 Å². The molecule has 1 atom stereocenters. The maximum absolute atomic E-state index is 12.1. The van der Waals surface area contributed by atoms with Gasteiger partial charge >= 0.3 is 0 Å². The smallest absolute Gasteiger partial charge is 0.239 e. The van der Waals surface area contributed by atoms with Crippen LogP contribution in [0.3, 0.4) is 0 Å². The molecule has 2 aromatic heterocycles. The van der Waals surface area contributed by atoms with Crippen LogP contribution in [0.15, 0.2) is 66.0 Å².